The predicted molar refractivity (Wildman–Crippen MR) is 79.9 cm³/mol. The number of hydrogen-bond donors (Lipinski definition) is 1. The summed E-state index contributed by atoms with van der Waals surface area (Å²) < 4.78 is 10.3. The Morgan fingerprint density at radius 1 is 1.43 bits per heavy atom. The third kappa shape index (κ3) is 3.27. The average Bonchev–Trinajstić information content (AvgIpc) is 3.03. The van der Waals surface area contributed by atoms with Gasteiger partial charge in [-0.2, -0.15) is 0 Å². The molecule has 1 N–H and O–H groups in total. The molecule has 1 aromatic rings. The molecule has 1 atom stereocenters. The van der Waals surface area contributed by atoms with Crippen molar-refractivity contribution in [2.75, 3.05) is 19.0 Å². The Kier molecular flexibility index (Phi) is 4.26. The highest BCUT2D eigenvalue weighted by Gasteiger charge is 2.32. The molecule has 6 heteroatoms. The molecule has 1 aliphatic heterocycles. The highest BCUT2D eigenvalue weighted by atomic mass is 32.1. The van der Waals surface area contributed by atoms with Gasteiger partial charge in [0.05, 0.1) is 25.2 Å². The van der Waals surface area contributed by atoms with Crippen LogP contribution < -0.4 is 5.32 Å². The molecule has 1 saturated carbocycles. The number of hydrogen-bond acceptors (Lipinski definition) is 5. The zero-order chi connectivity index (χ0) is 14.8. The molecule has 5 nitrogen and oxygen atoms in total. The van der Waals surface area contributed by atoms with Crippen LogP contribution in [0.3, 0.4) is 0 Å². The molecule has 2 fully saturated rings. The number of nitrogens with one attached hydrogen (secondary N) is 1. The molecule has 1 aromatic heterocycles. The number of carbonyl (C=O) groups excluding carboxylic acids is 2. The molecular weight excluding hydrogens is 290 g/mol. The Morgan fingerprint density at radius 2 is 2.24 bits per heavy atom. The van der Waals surface area contributed by atoms with Gasteiger partial charge in [-0.25, -0.2) is 4.79 Å². The van der Waals surface area contributed by atoms with Gasteiger partial charge in [-0.1, -0.05) is 0 Å². The number of methoxy groups -OCH3 is 1. The van der Waals surface area contributed by atoms with Crippen LogP contribution in [0.1, 0.15) is 53.9 Å². The van der Waals surface area contributed by atoms with E-state index in [-0.39, 0.29) is 18.0 Å². The lowest BCUT2D eigenvalue weighted by Crippen LogP contribution is -2.20. The Labute approximate surface area is 127 Å². The summed E-state index contributed by atoms with van der Waals surface area (Å²) in [4.78, 5) is 24.1. The van der Waals surface area contributed by atoms with Crippen LogP contribution in [0.5, 0.6) is 0 Å². The SMILES string of the molecule is COC(=O)c1c(C2CC2)csc1NC(=O)CC1CCCO1. The minimum atomic E-state index is -0.370. The lowest BCUT2D eigenvalue weighted by Gasteiger charge is -2.10. The van der Waals surface area contributed by atoms with E-state index in [1.165, 1.54) is 18.4 Å². The Balaban J connectivity index is 1.71. The molecule has 3 rings (SSSR count). The lowest BCUT2D eigenvalue weighted by molar-refractivity contribution is -0.118. The first-order valence-corrected chi connectivity index (χ1v) is 8.18. The fraction of sp³-hybridized carbons (Fsp3) is 0.600. The van der Waals surface area contributed by atoms with Crippen molar-refractivity contribution in [3.8, 4) is 0 Å². The standard InChI is InChI=1S/C15H19NO4S/c1-19-15(18)13-11(9-4-5-9)8-21-14(13)16-12(17)7-10-3-2-6-20-10/h8-10H,2-7H2,1H3,(H,16,17). The fourth-order valence-corrected chi connectivity index (χ4v) is 3.71. The first-order chi connectivity index (χ1) is 10.2. The third-order valence-corrected chi connectivity index (χ3v) is 4.83. The maximum atomic E-state index is 12.1. The molecular formula is C15H19NO4S. The first kappa shape index (κ1) is 14.5. The van der Waals surface area contributed by atoms with Gasteiger partial charge < -0.3 is 14.8 Å². The zero-order valence-electron chi connectivity index (χ0n) is 12.0. The van der Waals surface area contributed by atoms with Crippen molar-refractivity contribution in [3.63, 3.8) is 0 Å². The van der Waals surface area contributed by atoms with Gasteiger partial charge in [-0.15, -0.1) is 11.3 Å². The topological polar surface area (TPSA) is 64.6 Å². The Bertz CT molecular complexity index is 544. The van der Waals surface area contributed by atoms with E-state index in [0.717, 1.165) is 37.9 Å². The second kappa shape index (κ2) is 6.15. The van der Waals surface area contributed by atoms with E-state index in [1.807, 2.05) is 5.38 Å². The van der Waals surface area contributed by atoms with Crippen LogP contribution >= 0.6 is 11.3 Å². The minimum absolute atomic E-state index is 0.00874. The lowest BCUT2D eigenvalue weighted by atomic mass is 10.1. The molecule has 2 heterocycles. The largest absolute Gasteiger partial charge is 0.465 e. The maximum Gasteiger partial charge on any atom is 0.341 e. The number of carbonyl (C=O) groups is 2. The molecule has 21 heavy (non-hydrogen) atoms. The van der Waals surface area contributed by atoms with E-state index in [0.29, 0.717) is 22.9 Å². The van der Waals surface area contributed by atoms with Crippen LogP contribution in [0.2, 0.25) is 0 Å². The first-order valence-electron chi connectivity index (χ1n) is 7.30. The van der Waals surface area contributed by atoms with Crippen molar-refractivity contribution in [2.45, 2.75) is 44.1 Å². The maximum absolute atomic E-state index is 12.1. The van der Waals surface area contributed by atoms with E-state index in [2.05, 4.69) is 5.32 Å². The molecule has 0 bridgehead atoms. The van der Waals surface area contributed by atoms with Gasteiger partial charge in [-0.3, -0.25) is 4.79 Å². The molecule has 1 unspecified atom stereocenters. The summed E-state index contributed by atoms with van der Waals surface area (Å²) >= 11 is 1.40. The van der Waals surface area contributed by atoms with Gasteiger partial charge in [-0.05, 0) is 42.5 Å². The molecule has 0 radical (unpaired) electrons. The van der Waals surface area contributed by atoms with Crippen LogP contribution in [0.25, 0.3) is 0 Å². The average molecular weight is 309 g/mol. The van der Waals surface area contributed by atoms with Crippen molar-refractivity contribution in [1.29, 1.82) is 0 Å². The second-order valence-electron chi connectivity index (χ2n) is 5.55. The summed E-state index contributed by atoms with van der Waals surface area (Å²) in [5.41, 5.74) is 1.55. The summed E-state index contributed by atoms with van der Waals surface area (Å²) in [5.74, 6) is -0.0269. The summed E-state index contributed by atoms with van der Waals surface area (Å²) in [6, 6.07) is 0. The van der Waals surface area contributed by atoms with Crippen molar-refractivity contribution in [3.05, 3.63) is 16.5 Å². The van der Waals surface area contributed by atoms with Gasteiger partial charge in [0.1, 0.15) is 5.00 Å². The number of thiophene rings is 1. The molecule has 114 valence electrons. The molecule has 2 aliphatic rings. The van der Waals surface area contributed by atoms with Gasteiger partial charge in [0.25, 0.3) is 0 Å². The smallest absolute Gasteiger partial charge is 0.341 e. The number of esters is 1. The van der Waals surface area contributed by atoms with Crippen LogP contribution in [-0.2, 0) is 14.3 Å². The summed E-state index contributed by atoms with van der Waals surface area (Å²) in [6.07, 6.45) is 4.49. The third-order valence-electron chi connectivity index (χ3n) is 3.92. The fourth-order valence-electron chi connectivity index (χ4n) is 2.66. The Morgan fingerprint density at radius 3 is 2.86 bits per heavy atom. The normalized spacial score (nSPS) is 21.3. The summed E-state index contributed by atoms with van der Waals surface area (Å²) in [7, 11) is 1.37. The molecule has 1 saturated heterocycles. The second-order valence-corrected chi connectivity index (χ2v) is 6.43. The summed E-state index contributed by atoms with van der Waals surface area (Å²) in [5, 5.41) is 5.42. The number of anilines is 1. The van der Waals surface area contributed by atoms with Gasteiger partial charge >= 0.3 is 5.97 Å². The highest BCUT2D eigenvalue weighted by Crippen LogP contribution is 2.46. The summed E-state index contributed by atoms with van der Waals surface area (Å²) in [6.45, 7) is 0.732. The number of ether oxygens (including phenoxy) is 2. The molecule has 0 aromatic carbocycles. The van der Waals surface area contributed by atoms with Crippen molar-refractivity contribution >= 4 is 28.2 Å². The van der Waals surface area contributed by atoms with Gasteiger partial charge in [0.15, 0.2) is 0 Å². The molecule has 0 spiro atoms. The monoisotopic (exact) mass is 309 g/mol. The van der Waals surface area contributed by atoms with E-state index in [9.17, 15) is 9.59 Å². The van der Waals surface area contributed by atoms with Crippen LogP contribution in [-0.4, -0.2) is 31.7 Å². The van der Waals surface area contributed by atoms with Gasteiger partial charge in [0, 0.05) is 6.61 Å². The zero-order valence-corrected chi connectivity index (χ0v) is 12.8. The van der Waals surface area contributed by atoms with E-state index < -0.39 is 0 Å². The van der Waals surface area contributed by atoms with Crippen molar-refractivity contribution < 1.29 is 19.1 Å². The van der Waals surface area contributed by atoms with Crippen molar-refractivity contribution in [1.82, 2.24) is 0 Å². The molecule has 1 amide bonds. The quantitative estimate of drug-likeness (QED) is 0.849. The number of amides is 1. The van der Waals surface area contributed by atoms with Crippen LogP contribution in [0, 0.1) is 0 Å². The van der Waals surface area contributed by atoms with E-state index in [4.69, 9.17) is 9.47 Å². The Hall–Kier alpha value is -1.40. The molecule has 1 aliphatic carbocycles. The predicted octanol–water partition coefficient (Wildman–Crippen LogP) is 2.92. The van der Waals surface area contributed by atoms with Crippen LogP contribution in [0.4, 0.5) is 5.00 Å². The van der Waals surface area contributed by atoms with E-state index in [1.54, 1.807) is 0 Å². The minimum Gasteiger partial charge on any atom is -0.465 e. The van der Waals surface area contributed by atoms with Crippen LogP contribution in [0.15, 0.2) is 5.38 Å². The van der Waals surface area contributed by atoms with Crippen molar-refractivity contribution in [2.24, 2.45) is 0 Å². The van der Waals surface area contributed by atoms with Gasteiger partial charge in [0.2, 0.25) is 5.91 Å². The number of rotatable bonds is 5. The van der Waals surface area contributed by atoms with E-state index >= 15 is 0 Å². The highest BCUT2D eigenvalue weighted by molar-refractivity contribution is 7.15.